The van der Waals surface area contributed by atoms with Crippen molar-refractivity contribution in [1.82, 2.24) is 4.90 Å². The van der Waals surface area contributed by atoms with Crippen molar-refractivity contribution in [1.29, 1.82) is 0 Å². The van der Waals surface area contributed by atoms with Gasteiger partial charge in [0.05, 0.1) is 13.2 Å². The van der Waals surface area contributed by atoms with E-state index in [4.69, 9.17) is 9.84 Å². The molecular formula is C10H15NO4. The topological polar surface area (TPSA) is 66.8 Å². The normalized spacial score (nSPS) is 16.5. The Balaban J connectivity index is 2.97. The van der Waals surface area contributed by atoms with Crippen LogP contribution in [0.2, 0.25) is 0 Å². The minimum atomic E-state index is -1.09. The molecule has 5 nitrogen and oxygen atoms in total. The summed E-state index contributed by atoms with van der Waals surface area (Å²) < 4.78 is 5.08. The Morgan fingerprint density at radius 1 is 1.60 bits per heavy atom. The largest absolute Gasteiger partial charge is 0.488 e. The van der Waals surface area contributed by atoms with Gasteiger partial charge in [-0.05, 0) is 20.8 Å². The third-order valence-electron chi connectivity index (χ3n) is 2.23. The van der Waals surface area contributed by atoms with Gasteiger partial charge in [-0.25, -0.2) is 4.79 Å². The number of rotatable bonds is 4. The average molecular weight is 213 g/mol. The van der Waals surface area contributed by atoms with Crippen molar-refractivity contribution in [3.05, 3.63) is 11.3 Å². The number of carbonyl (C=O) groups excluding carboxylic acids is 1. The van der Waals surface area contributed by atoms with Gasteiger partial charge in [0.25, 0.3) is 5.91 Å². The summed E-state index contributed by atoms with van der Waals surface area (Å²) in [5.74, 6) is -1.43. The second-order valence-electron chi connectivity index (χ2n) is 3.57. The maximum atomic E-state index is 11.7. The Hall–Kier alpha value is -1.52. The molecule has 0 aromatic carbocycles. The molecule has 0 aromatic heterocycles. The lowest BCUT2D eigenvalue weighted by Gasteiger charge is -2.20. The summed E-state index contributed by atoms with van der Waals surface area (Å²) in [6.07, 6.45) is 0. The molecule has 0 atom stereocenters. The highest BCUT2D eigenvalue weighted by Crippen LogP contribution is 2.22. The van der Waals surface area contributed by atoms with Crippen LogP contribution in [0.25, 0.3) is 0 Å². The summed E-state index contributed by atoms with van der Waals surface area (Å²) in [6.45, 7) is 5.82. The van der Waals surface area contributed by atoms with Crippen molar-refractivity contribution < 1.29 is 19.4 Å². The predicted octanol–water partition coefficient (Wildman–Crippen LogP) is 0.612. The molecule has 0 unspecified atom stereocenters. The highest BCUT2D eigenvalue weighted by atomic mass is 16.5. The molecule has 0 spiro atoms. The monoisotopic (exact) mass is 213 g/mol. The van der Waals surface area contributed by atoms with E-state index in [1.807, 2.05) is 13.8 Å². The van der Waals surface area contributed by atoms with Crippen LogP contribution in [0.1, 0.15) is 20.8 Å². The van der Waals surface area contributed by atoms with E-state index in [1.165, 1.54) is 4.90 Å². The fourth-order valence-electron chi connectivity index (χ4n) is 1.45. The molecule has 0 aliphatic carbocycles. The zero-order valence-corrected chi connectivity index (χ0v) is 9.11. The van der Waals surface area contributed by atoms with E-state index in [0.717, 1.165) is 0 Å². The molecule has 0 aromatic rings. The number of hydrogen-bond donors (Lipinski definition) is 1. The lowest BCUT2D eigenvalue weighted by Crippen LogP contribution is -2.34. The van der Waals surface area contributed by atoms with Gasteiger partial charge in [-0.15, -0.1) is 0 Å². The van der Waals surface area contributed by atoms with E-state index in [0.29, 0.717) is 6.61 Å². The molecular weight excluding hydrogens is 198 g/mol. The lowest BCUT2D eigenvalue weighted by atomic mass is 10.2. The molecule has 5 heteroatoms. The standard InChI is InChI=1S/C10H15NO4/c1-4-15-8-7(10(13)14)5-11(6(2)3)9(8)12/h6H,4-5H2,1-3H3,(H,13,14). The van der Waals surface area contributed by atoms with Crippen LogP contribution in [0.4, 0.5) is 0 Å². The number of carboxylic acid groups (broad SMARTS) is 1. The molecule has 0 bridgehead atoms. The van der Waals surface area contributed by atoms with Gasteiger partial charge in [-0.3, -0.25) is 4.79 Å². The second kappa shape index (κ2) is 4.33. The van der Waals surface area contributed by atoms with E-state index >= 15 is 0 Å². The van der Waals surface area contributed by atoms with Crippen LogP contribution in [0.3, 0.4) is 0 Å². The SMILES string of the molecule is CCOC1=C(C(=O)O)CN(C(C)C)C1=O. The molecule has 1 amide bonds. The van der Waals surface area contributed by atoms with Crippen LogP contribution in [0.5, 0.6) is 0 Å². The quantitative estimate of drug-likeness (QED) is 0.743. The highest BCUT2D eigenvalue weighted by molar-refractivity contribution is 6.04. The Kier molecular flexibility index (Phi) is 3.34. The second-order valence-corrected chi connectivity index (χ2v) is 3.57. The molecule has 1 aliphatic heterocycles. The first kappa shape index (κ1) is 11.6. The molecule has 1 heterocycles. The van der Waals surface area contributed by atoms with Crippen molar-refractivity contribution in [3.63, 3.8) is 0 Å². The van der Waals surface area contributed by atoms with E-state index in [1.54, 1.807) is 6.92 Å². The number of nitrogens with zero attached hydrogens (tertiary/aromatic N) is 1. The molecule has 0 radical (unpaired) electrons. The Bertz CT molecular complexity index is 319. The number of aliphatic carboxylic acids is 1. The number of ether oxygens (including phenoxy) is 1. The summed E-state index contributed by atoms with van der Waals surface area (Å²) in [5, 5.41) is 8.91. The maximum absolute atomic E-state index is 11.7. The molecule has 0 saturated carbocycles. The van der Waals surface area contributed by atoms with Crippen LogP contribution in [-0.4, -0.2) is 41.1 Å². The van der Waals surface area contributed by atoms with Crippen LogP contribution < -0.4 is 0 Å². The van der Waals surface area contributed by atoms with Gasteiger partial charge < -0.3 is 14.7 Å². The fourth-order valence-corrected chi connectivity index (χ4v) is 1.45. The summed E-state index contributed by atoms with van der Waals surface area (Å²) in [7, 11) is 0. The van der Waals surface area contributed by atoms with Crippen LogP contribution >= 0.6 is 0 Å². The number of carbonyl (C=O) groups is 2. The van der Waals surface area contributed by atoms with Crippen molar-refractivity contribution in [2.45, 2.75) is 26.8 Å². The van der Waals surface area contributed by atoms with Crippen molar-refractivity contribution >= 4 is 11.9 Å². The van der Waals surface area contributed by atoms with Gasteiger partial charge in [-0.2, -0.15) is 0 Å². The smallest absolute Gasteiger partial charge is 0.337 e. The predicted molar refractivity (Wildman–Crippen MR) is 53.1 cm³/mol. The zero-order valence-electron chi connectivity index (χ0n) is 9.11. The van der Waals surface area contributed by atoms with Crippen LogP contribution in [0, 0.1) is 0 Å². The van der Waals surface area contributed by atoms with Gasteiger partial charge in [0.15, 0.2) is 5.76 Å². The van der Waals surface area contributed by atoms with Crippen molar-refractivity contribution in [2.75, 3.05) is 13.2 Å². The fraction of sp³-hybridized carbons (Fsp3) is 0.600. The van der Waals surface area contributed by atoms with Crippen LogP contribution in [0.15, 0.2) is 11.3 Å². The molecule has 1 N–H and O–H groups in total. The van der Waals surface area contributed by atoms with Gasteiger partial charge in [0.2, 0.25) is 0 Å². The van der Waals surface area contributed by atoms with Crippen LogP contribution in [-0.2, 0) is 14.3 Å². The molecule has 15 heavy (non-hydrogen) atoms. The molecule has 84 valence electrons. The Morgan fingerprint density at radius 3 is 2.60 bits per heavy atom. The summed E-state index contributed by atoms with van der Waals surface area (Å²) in [5.41, 5.74) is 0.0514. The van der Waals surface area contributed by atoms with Gasteiger partial charge >= 0.3 is 5.97 Å². The van der Waals surface area contributed by atoms with Crippen molar-refractivity contribution in [2.24, 2.45) is 0 Å². The molecule has 0 fully saturated rings. The Morgan fingerprint density at radius 2 is 2.20 bits per heavy atom. The highest BCUT2D eigenvalue weighted by Gasteiger charge is 2.36. The summed E-state index contributed by atoms with van der Waals surface area (Å²) in [6, 6.07) is -0.0233. The lowest BCUT2D eigenvalue weighted by molar-refractivity contribution is -0.133. The number of carboxylic acids is 1. The first-order valence-electron chi connectivity index (χ1n) is 4.89. The van der Waals surface area contributed by atoms with E-state index < -0.39 is 5.97 Å². The third-order valence-corrected chi connectivity index (χ3v) is 2.23. The number of hydrogen-bond acceptors (Lipinski definition) is 3. The first-order valence-corrected chi connectivity index (χ1v) is 4.89. The van der Waals surface area contributed by atoms with E-state index in [-0.39, 0.29) is 29.8 Å². The summed E-state index contributed by atoms with van der Waals surface area (Å²) in [4.78, 5) is 24.1. The average Bonchev–Trinajstić information content (AvgIpc) is 2.45. The summed E-state index contributed by atoms with van der Waals surface area (Å²) >= 11 is 0. The number of amides is 1. The third kappa shape index (κ3) is 2.11. The molecule has 1 rings (SSSR count). The van der Waals surface area contributed by atoms with Gasteiger partial charge in [0, 0.05) is 6.04 Å². The first-order chi connectivity index (χ1) is 6.99. The van der Waals surface area contributed by atoms with E-state index in [9.17, 15) is 9.59 Å². The minimum Gasteiger partial charge on any atom is -0.488 e. The Labute approximate surface area is 88.3 Å². The van der Waals surface area contributed by atoms with Crippen molar-refractivity contribution in [3.8, 4) is 0 Å². The van der Waals surface area contributed by atoms with E-state index in [2.05, 4.69) is 0 Å². The zero-order chi connectivity index (χ0) is 11.6. The van der Waals surface area contributed by atoms with Gasteiger partial charge in [0.1, 0.15) is 5.57 Å². The maximum Gasteiger partial charge on any atom is 0.337 e. The molecule has 0 saturated heterocycles. The molecule has 1 aliphatic rings. The minimum absolute atomic E-state index is 0.0151. The van der Waals surface area contributed by atoms with Gasteiger partial charge in [-0.1, -0.05) is 0 Å².